The molecule has 4 nitrogen and oxygen atoms in total. The number of hydrogen-bond acceptors (Lipinski definition) is 4. The maximum absolute atomic E-state index is 5.70. The molecule has 2 rings (SSSR count). The maximum atomic E-state index is 5.70. The minimum absolute atomic E-state index is 0.335. The summed E-state index contributed by atoms with van der Waals surface area (Å²) in [4.78, 5) is 4.12. The van der Waals surface area contributed by atoms with Crippen LogP contribution in [0.5, 0.6) is 0 Å². The Morgan fingerprint density at radius 3 is 3.15 bits per heavy atom. The lowest BCUT2D eigenvalue weighted by atomic mass is 10.2. The fraction of sp³-hybridized carbons (Fsp3) is 0.444. The van der Waals surface area contributed by atoms with E-state index in [-0.39, 0.29) is 0 Å². The van der Waals surface area contributed by atoms with Crippen LogP contribution in [0.15, 0.2) is 18.3 Å². The Morgan fingerprint density at radius 1 is 1.69 bits per heavy atom. The summed E-state index contributed by atoms with van der Waals surface area (Å²) in [6.07, 6.45) is 3.18. The second-order valence-corrected chi connectivity index (χ2v) is 3.10. The molecular formula is C9H13N3O. The molecule has 1 saturated heterocycles. The molecule has 0 amide bonds. The lowest BCUT2D eigenvalue weighted by Crippen LogP contribution is -2.33. The van der Waals surface area contributed by atoms with E-state index in [1.54, 1.807) is 6.20 Å². The van der Waals surface area contributed by atoms with Gasteiger partial charge in [-0.15, -0.1) is 0 Å². The molecule has 2 heterocycles. The zero-order valence-electron chi connectivity index (χ0n) is 7.36. The summed E-state index contributed by atoms with van der Waals surface area (Å²) in [5.41, 5.74) is 6.38. The van der Waals surface area contributed by atoms with Crippen molar-refractivity contribution in [2.24, 2.45) is 0 Å². The topological polar surface area (TPSA) is 60.2 Å². The highest BCUT2D eigenvalue weighted by Gasteiger charge is 2.17. The highest BCUT2D eigenvalue weighted by Crippen LogP contribution is 2.15. The van der Waals surface area contributed by atoms with Crippen molar-refractivity contribution in [1.29, 1.82) is 0 Å². The third kappa shape index (κ3) is 1.89. The molecule has 1 aliphatic rings. The van der Waals surface area contributed by atoms with Crippen LogP contribution in [0.3, 0.4) is 0 Å². The quantitative estimate of drug-likeness (QED) is 0.722. The van der Waals surface area contributed by atoms with Crippen molar-refractivity contribution in [1.82, 2.24) is 4.98 Å². The molecular weight excluding hydrogens is 166 g/mol. The summed E-state index contributed by atoms with van der Waals surface area (Å²) in [6, 6.07) is 3.65. The van der Waals surface area contributed by atoms with Crippen LogP contribution in [0.4, 0.5) is 11.5 Å². The summed E-state index contributed by atoms with van der Waals surface area (Å²) in [5.74, 6) is 0.748. The summed E-state index contributed by atoms with van der Waals surface area (Å²) in [7, 11) is 0. The Kier molecular flexibility index (Phi) is 2.31. The molecule has 4 heteroatoms. The predicted octanol–water partition coefficient (Wildman–Crippen LogP) is 0.865. The standard InChI is InChI=1S/C9H13N3O/c10-8-2-1-4-11-9(8)12-6-7-3-5-13-7/h1-2,4,7H,3,5-6,10H2,(H,11,12)/t7-/m0/s1. The first-order valence-corrected chi connectivity index (χ1v) is 4.42. The second kappa shape index (κ2) is 3.62. The minimum atomic E-state index is 0.335. The highest BCUT2D eigenvalue weighted by molar-refractivity contribution is 5.60. The third-order valence-electron chi connectivity index (χ3n) is 2.13. The molecule has 1 atom stereocenters. The van der Waals surface area contributed by atoms with Crippen LogP contribution in [-0.2, 0) is 4.74 Å². The number of ether oxygens (including phenoxy) is 1. The van der Waals surface area contributed by atoms with Crippen molar-refractivity contribution < 1.29 is 4.74 Å². The van der Waals surface area contributed by atoms with Gasteiger partial charge in [-0.1, -0.05) is 0 Å². The number of aromatic nitrogens is 1. The zero-order chi connectivity index (χ0) is 9.10. The SMILES string of the molecule is Nc1cccnc1NC[C@@H]1CCO1. The van der Waals surface area contributed by atoms with Gasteiger partial charge >= 0.3 is 0 Å². The van der Waals surface area contributed by atoms with Gasteiger partial charge in [0.2, 0.25) is 0 Å². The Bertz CT molecular complexity index is 286. The van der Waals surface area contributed by atoms with Crippen LogP contribution in [0.1, 0.15) is 6.42 Å². The van der Waals surface area contributed by atoms with E-state index < -0.39 is 0 Å². The molecule has 0 unspecified atom stereocenters. The number of anilines is 2. The lowest BCUT2D eigenvalue weighted by molar-refractivity contribution is -0.0410. The molecule has 13 heavy (non-hydrogen) atoms. The van der Waals surface area contributed by atoms with Crippen molar-refractivity contribution in [3.63, 3.8) is 0 Å². The number of hydrogen-bond donors (Lipinski definition) is 2. The molecule has 1 aliphatic heterocycles. The molecule has 0 aliphatic carbocycles. The monoisotopic (exact) mass is 179 g/mol. The third-order valence-corrected chi connectivity index (χ3v) is 2.13. The molecule has 0 aromatic carbocycles. The van der Waals surface area contributed by atoms with E-state index in [1.165, 1.54) is 0 Å². The van der Waals surface area contributed by atoms with E-state index in [0.29, 0.717) is 11.8 Å². The van der Waals surface area contributed by atoms with E-state index in [0.717, 1.165) is 25.4 Å². The normalized spacial score (nSPS) is 20.8. The number of nitrogens with two attached hydrogens (primary N) is 1. The Morgan fingerprint density at radius 2 is 2.54 bits per heavy atom. The summed E-state index contributed by atoms with van der Waals surface area (Å²) < 4.78 is 5.26. The largest absolute Gasteiger partial charge is 0.396 e. The zero-order valence-corrected chi connectivity index (χ0v) is 7.36. The van der Waals surface area contributed by atoms with Crippen LogP contribution < -0.4 is 11.1 Å². The van der Waals surface area contributed by atoms with Gasteiger partial charge in [-0.2, -0.15) is 0 Å². The van der Waals surface area contributed by atoms with Crippen LogP contribution in [-0.4, -0.2) is 24.2 Å². The molecule has 1 aromatic rings. The number of nitrogen functional groups attached to an aromatic ring is 1. The van der Waals surface area contributed by atoms with Crippen molar-refractivity contribution >= 4 is 11.5 Å². The molecule has 0 bridgehead atoms. The number of nitrogens with one attached hydrogen (secondary N) is 1. The van der Waals surface area contributed by atoms with Gasteiger partial charge in [0.15, 0.2) is 0 Å². The average Bonchev–Trinajstić information content (AvgIpc) is 2.05. The van der Waals surface area contributed by atoms with E-state index in [4.69, 9.17) is 10.5 Å². The smallest absolute Gasteiger partial charge is 0.149 e. The second-order valence-electron chi connectivity index (χ2n) is 3.10. The fourth-order valence-corrected chi connectivity index (χ4v) is 1.22. The highest BCUT2D eigenvalue weighted by atomic mass is 16.5. The molecule has 1 aromatic heterocycles. The number of rotatable bonds is 3. The Hall–Kier alpha value is -1.29. The summed E-state index contributed by atoms with van der Waals surface area (Å²) in [5, 5.41) is 3.15. The Labute approximate surface area is 77.1 Å². The first-order chi connectivity index (χ1) is 6.36. The maximum Gasteiger partial charge on any atom is 0.149 e. The van der Waals surface area contributed by atoms with Crippen molar-refractivity contribution in [3.05, 3.63) is 18.3 Å². The van der Waals surface area contributed by atoms with Gasteiger partial charge in [0.05, 0.1) is 11.8 Å². The molecule has 1 fully saturated rings. The first-order valence-electron chi connectivity index (χ1n) is 4.42. The van der Waals surface area contributed by atoms with Crippen LogP contribution in [0.25, 0.3) is 0 Å². The van der Waals surface area contributed by atoms with Crippen molar-refractivity contribution in [3.8, 4) is 0 Å². The van der Waals surface area contributed by atoms with Crippen LogP contribution in [0, 0.1) is 0 Å². The average molecular weight is 179 g/mol. The molecule has 0 spiro atoms. The summed E-state index contributed by atoms with van der Waals surface area (Å²) >= 11 is 0. The van der Waals surface area contributed by atoms with Gasteiger partial charge < -0.3 is 15.8 Å². The van der Waals surface area contributed by atoms with Gasteiger partial charge in [0, 0.05) is 19.3 Å². The van der Waals surface area contributed by atoms with Gasteiger partial charge in [0.1, 0.15) is 5.82 Å². The minimum Gasteiger partial charge on any atom is -0.396 e. The van der Waals surface area contributed by atoms with Crippen LogP contribution in [0.2, 0.25) is 0 Å². The summed E-state index contributed by atoms with van der Waals surface area (Å²) in [6.45, 7) is 1.67. The molecule has 0 radical (unpaired) electrons. The van der Waals surface area contributed by atoms with E-state index in [1.807, 2.05) is 12.1 Å². The predicted molar refractivity (Wildman–Crippen MR) is 51.5 cm³/mol. The van der Waals surface area contributed by atoms with Gasteiger partial charge in [0.25, 0.3) is 0 Å². The fourth-order valence-electron chi connectivity index (χ4n) is 1.22. The number of pyridine rings is 1. The molecule has 3 N–H and O–H groups in total. The van der Waals surface area contributed by atoms with Gasteiger partial charge in [-0.3, -0.25) is 0 Å². The molecule has 0 saturated carbocycles. The number of nitrogens with zero attached hydrogens (tertiary/aromatic N) is 1. The van der Waals surface area contributed by atoms with E-state index in [9.17, 15) is 0 Å². The van der Waals surface area contributed by atoms with E-state index >= 15 is 0 Å². The van der Waals surface area contributed by atoms with E-state index in [2.05, 4.69) is 10.3 Å². The lowest BCUT2D eigenvalue weighted by Gasteiger charge is -2.26. The van der Waals surface area contributed by atoms with Crippen molar-refractivity contribution in [2.75, 3.05) is 24.2 Å². The van der Waals surface area contributed by atoms with Crippen LogP contribution >= 0.6 is 0 Å². The van der Waals surface area contributed by atoms with Gasteiger partial charge in [-0.25, -0.2) is 4.98 Å². The van der Waals surface area contributed by atoms with Crippen molar-refractivity contribution in [2.45, 2.75) is 12.5 Å². The Balaban J connectivity index is 1.89. The first kappa shape index (κ1) is 8.31. The molecule has 70 valence electrons. The van der Waals surface area contributed by atoms with Gasteiger partial charge in [-0.05, 0) is 18.6 Å².